The predicted octanol–water partition coefficient (Wildman–Crippen LogP) is 3.51. The van der Waals surface area contributed by atoms with E-state index < -0.39 is 0 Å². The van der Waals surface area contributed by atoms with Crippen molar-refractivity contribution in [1.82, 2.24) is 5.10 Å². The fraction of sp³-hybridized carbons (Fsp3) is 0. The van der Waals surface area contributed by atoms with E-state index in [1.165, 1.54) is 0 Å². The average molecular weight is 281 g/mol. The number of nitrogens with one attached hydrogen (secondary N) is 1. The molecule has 0 spiro atoms. The lowest BCUT2D eigenvalue weighted by molar-refractivity contribution is -0.571. The van der Waals surface area contributed by atoms with Crippen LogP contribution in [0.25, 0.3) is 0 Å². The number of rotatable bonds is 4. The van der Waals surface area contributed by atoms with Crippen LogP contribution < -0.4 is 14.0 Å². The summed E-state index contributed by atoms with van der Waals surface area (Å²) in [5.41, 5.74) is 0. The molecule has 0 unspecified atom stereocenters. The molecule has 1 aromatic heterocycles. The Morgan fingerprint density at radius 2 is 1.29 bits per heavy atom. The highest BCUT2D eigenvalue weighted by molar-refractivity contribution is 5.27. The SMILES string of the molecule is O=[n+]1[nH]c(Oc2ccccc2)ccc1Oc1ccccc1. The van der Waals surface area contributed by atoms with E-state index in [9.17, 15) is 4.91 Å². The van der Waals surface area contributed by atoms with Crippen LogP contribution in [0.2, 0.25) is 0 Å². The van der Waals surface area contributed by atoms with Gasteiger partial charge in [-0.05, 0) is 24.3 Å². The van der Waals surface area contributed by atoms with E-state index in [0.29, 0.717) is 21.9 Å². The van der Waals surface area contributed by atoms with Crippen molar-refractivity contribution in [3.63, 3.8) is 0 Å². The summed E-state index contributed by atoms with van der Waals surface area (Å²) in [5.74, 6) is 1.70. The molecule has 3 rings (SSSR count). The molecular formula is C16H13N2O3+. The lowest BCUT2D eigenvalue weighted by atomic mass is 10.3. The summed E-state index contributed by atoms with van der Waals surface area (Å²) in [6.45, 7) is 0. The Hall–Kier alpha value is -3.08. The fourth-order valence-electron chi connectivity index (χ4n) is 1.76. The molecule has 0 amide bonds. The molecule has 3 aromatic rings. The van der Waals surface area contributed by atoms with Gasteiger partial charge >= 0.3 is 5.88 Å². The van der Waals surface area contributed by atoms with E-state index >= 15 is 0 Å². The van der Waals surface area contributed by atoms with E-state index in [0.717, 1.165) is 0 Å². The van der Waals surface area contributed by atoms with Crippen LogP contribution in [0.4, 0.5) is 0 Å². The van der Waals surface area contributed by atoms with Crippen molar-refractivity contribution in [2.75, 3.05) is 0 Å². The van der Waals surface area contributed by atoms with Crippen LogP contribution in [-0.2, 0) is 0 Å². The Morgan fingerprint density at radius 3 is 1.86 bits per heavy atom. The number of nitrogens with zero attached hydrogens (tertiary/aromatic N) is 1. The molecule has 21 heavy (non-hydrogen) atoms. The Balaban J connectivity index is 1.79. The third kappa shape index (κ3) is 3.27. The van der Waals surface area contributed by atoms with Crippen LogP contribution in [0.3, 0.4) is 0 Å². The van der Waals surface area contributed by atoms with Gasteiger partial charge < -0.3 is 9.47 Å². The second-order valence-electron chi connectivity index (χ2n) is 4.27. The van der Waals surface area contributed by atoms with Gasteiger partial charge in [0, 0.05) is 6.07 Å². The Morgan fingerprint density at radius 1 is 0.714 bits per heavy atom. The van der Waals surface area contributed by atoms with Crippen molar-refractivity contribution in [2.45, 2.75) is 0 Å². The van der Waals surface area contributed by atoms with Crippen LogP contribution in [0.15, 0.2) is 72.8 Å². The first-order valence-electron chi connectivity index (χ1n) is 6.43. The molecule has 0 aliphatic rings. The van der Waals surface area contributed by atoms with Gasteiger partial charge in [0.1, 0.15) is 11.5 Å². The smallest absolute Gasteiger partial charge is 0.436 e. The van der Waals surface area contributed by atoms with Crippen molar-refractivity contribution in [1.29, 1.82) is 0 Å². The van der Waals surface area contributed by atoms with Gasteiger partial charge in [0.05, 0.1) is 11.0 Å². The molecule has 2 aromatic carbocycles. The molecule has 104 valence electrons. The minimum Gasteiger partial charge on any atom is -0.436 e. The molecule has 0 bridgehead atoms. The second-order valence-corrected chi connectivity index (χ2v) is 4.27. The first-order valence-corrected chi connectivity index (χ1v) is 6.43. The number of hydrogen-bond acceptors (Lipinski definition) is 3. The monoisotopic (exact) mass is 281 g/mol. The lowest BCUT2D eigenvalue weighted by Crippen LogP contribution is -2.21. The third-order valence-corrected chi connectivity index (χ3v) is 2.73. The molecule has 0 radical (unpaired) electrons. The fourth-order valence-corrected chi connectivity index (χ4v) is 1.76. The van der Waals surface area contributed by atoms with E-state index in [-0.39, 0.29) is 5.88 Å². The highest BCUT2D eigenvalue weighted by atomic mass is 16.5. The molecule has 1 N–H and O–H groups in total. The zero-order valence-corrected chi connectivity index (χ0v) is 11.1. The Kier molecular flexibility index (Phi) is 3.64. The summed E-state index contributed by atoms with van der Waals surface area (Å²) in [4.78, 5) is 11.9. The van der Waals surface area contributed by atoms with Gasteiger partial charge in [0.15, 0.2) is 0 Å². The van der Waals surface area contributed by atoms with Gasteiger partial charge in [-0.2, -0.15) is 0 Å². The molecule has 0 aliphatic carbocycles. The van der Waals surface area contributed by atoms with E-state index in [4.69, 9.17) is 9.47 Å². The lowest BCUT2D eigenvalue weighted by Gasteiger charge is -2.02. The van der Waals surface area contributed by atoms with Crippen LogP contribution in [-0.4, -0.2) is 5.10 Å². The number of aromatic nitrogens is 2. The highest BCUT2D eigenvalue weighted by Gasteiger charge is 2.13. The van der Waals surface area contributed by atoms with Crippen molar-refractivity contribution in [2.24, 2.45) is 0 Å². The zero-order valence-electron chi connectivity index (χ0n) is 11.1. The van der Waals surface area contributed by atoms with Crippen LogP contribution in [0.5, 0.6) is 23.3 Å². The minimum absolute atomic E-state index is 0.140. The molecule has 5 nitrogen and oxygen atoms in total. The van der Waals surface area contributed by atoms with Gasteiger partial charge in [-0.15, -0.1) is 0 Å². The first-order chi connectivity index (χ1) is 10.3. The van der Waals surface area contributed by atoms with Crippen molar-refractivity contribution in [3.05, 3.63) is 77.7 Å². The van der Waals surface area contributed by atoms with Gasteiger partial charge in [-0.25, -0.2) is 0 Å². The quantitative estimate of drug-likeness (QED) is 0.744. The van der Waals surface area contributed by atoms with Crippen molar-refractivity contribution < 1.29 is 14.0 Å². The Labute approximate surface area is 121 Å². The topological polar surface area (TPSA) is 57.2 Å². The maximum absolute atomic E-state index is 11.9. The molecule has 0 atom stereocenters. The summed E-state index contributed by atoms with van der Waals surface area (Å²) in [5, 5.41) is 2.56. The van der Waals surface area contributed by atoms with Crippen LogP contribution in [0.1, 0.15) is 0 Å². The van der Waals surface area contributed by atoms with E-state index in [2.05, 4.69) is 5.10 Å². The standard InChI is InChI=1S/C16H13N2O3/c19-18-16(21-14-9-5-2-6-10-14)12-11-15(17-18)20-13-7-3-1-4-8-13/h1-12H,(H,17,19)/q+1. The van der Waals surface area contributed by atoms with Gasteiger partial charge in [0.2, 0.25) is 4.54 Å². The third-order valence-electron chi connectivity index (χ3n) is 2.73. The average Bonchev–Trinajstić information content (AvgIpc) is 2.52. The summed E-state index contributed by atoms with van der Waals surface area (Å²) in [6.07, 6.45) is 0. The number of aromatic amines is 1. The molecule has 0 saturated heterocycles. The molecule has 0 aliphatic heterocycles. The molecule has 5 heteroatoms. The van der Waals surface area contributed by atoms with E-state index in [1.807, 2.05) is 36.4 Å². The van der Waals surface area contributed by atoms with Crippen LogP contribution in [0, 0.1) is 4.91 Å². The maximum Gasteiger partial charge on any atom is 0.455 e. The zero-order chi connectivity index (χ0) is 14.5. The van der Waals surface area contributed by atoms with Crippen molar-refractivity contribution in [3.8, 4) is 23.3 Å². The van der Waals surface area contributed by atoms with Crippen LogP contribution >= 0.6 is 0 Å². The highest BCUT2D eigenvalue weighted by Crippen LogP contribution is 2.20. The normalized spacial score (nSPS) is 10.1. The molecule has 0 saturated carbocycles. The van der Waals surface area contributed by atoms with Gasteiger partial charge in [-0.3, -0.25) is 0 Å². The molecule has 1 heterocycles. The second kappa shape index (κ2) is 5.92. The summed E-state index contributed by atoms with van der Waals surface area (Å²) in [6, 6.07) is 21.5. The number of hydrogen-bond donors (Lipinski definition) is 1. The number of ether oxygens (including phenoxy) is 2. The molecule has 0 fully saturated rings. The van der Waals surface area contributed by atoms with Gasteiger partial charge in [0.25, 0.3) is 5.88 Å². The largest absolute Gasteiger partial charge is 0.455 e. The predicted molar refractivity (Wildman–Crippen MR) is 77.2 cm³/mol. The first kappa shape index (κ1) is 12.9. The number of para-hydroxylation sites is 2. The number of H-pyrrole nitrogens is 1. The van der Waals surface area contributed by atoms with Crippen molar-refractivity contribution >= 4 is 0 Å². The minimum atomic E-state index is 0.140. The maximum atomic E-state index is 11.9. The van der Waals surface area contributed by atoms with Gasteiger partial charge in [-0.1, -0.05) is 41.5 Å². The summed E-state index contributed by atoms with van der Waals surface area (Å²) >= 11 is 0. The summed E-state index contributed by atoms with van der Waals surface area (Å²) < 4.78 is 11.5. The summed E-state index contributed by atoms with van der Waals surface area (Å²) in [7, 11) is 0. The molecular weight excluding hydrogens is 268 g/mol. The number of benzene rings is 2. The Bertz CT molecular complexity index is 770. The van der Waals surface area contributed by atoms with E-state index in [1.54, 1.807) is 36.4 Å².